The first kappa shape index (κ1) is 16.0. The van der Waals surface area contributed by atoms with Crippen molar-refractivity contribution in [3.63, 3.8) is 0 Å². The normalized spacial score (nSPS) is 21.9. The number of carbonyl (C=O) groups excluding carboxylic acids is 1. The molecule has 1 N–H and O–H groups in total. The Morgan fingerprint density at radius 3 is 2.87 bits per heavy atom. The standard InChI is InChI=1S/C17H24N4O2/c1-5-20-9-13(14(10-20)23-4)19-17(22)16-12(3)18-15-7-6-11(2)8-21(15)16/h6-8,13-14H,5,9-10H2,1-4H3,(H,19,22)/t13-,14-/m1/s1. The second-order valence-corrected chi connectivity index (χ2v) is 6.19. The molecule has 2 aromatic heterocycles. The van der Waals surface area contributed by atoms with E-state index in [0.29, 0.717) is 5.69 Å². The molecule has 0 spiro atoms. The van der Waals surface area contributed by atoms with Gasteiger partial charge in [-0.1, -0.05) is 13.0 Å². The molecule has 23 heavy (non-hydrogen) atoms. The summed E-state index contributed by atoms with van der Waals surface area (Å²) in [5, 5.41) is 3.13. The number of nitrogens with one attached hydrogen (secondary N) is 1. The largest absolute Gasteiger partial charge is 0.378 e. The van der Waals surface area contributed by atoms with Crippen molar-refractivity contribution in [2.24, 2.45) is 0 Å². The van der Waals surface area contributed by atoms with Crippen molar-refractivity contribution in [3.05, 3.63) is 35.3 Å². The number of likely N-dealkylation sites (N-methyl/N-ethyl adjacent to an activating group) is 1. The quantitative estimate of drug-likeness (QED) is 0.926. The lowest BCUT2D eigenvalue weighted by molar-refractivity contribution is 0.0758. The number of amides is 1. The van der Waals surface area contributed by atoms with Crippen LogP contribution >= 0.6 is 0 Å². The Kier molecular flexibility index (Phi) is 4.37. The molecule has 0 bridgehead atoms. The minimum atomic E-state index is -0.0920. The molecule has 6 nitrogen and oxygen atoms in total. The van der Waals surface area contributed by atoms with E-state index in [1.807, 2.05) is 36.6 Å². The molecule has 0 unspecified atom stereocenters. The topological polar surface area (TPSA) is 58.9 Å². The van der Waals surface area contributed by atoms with Gasteiger partial charge >= 0.3 is 0 Å². The smallest absolute Gasteiger partial charge is 0.270 e. The van der Waals surface area contributed by atoms with Crippen molar-refractivity contribution in [2.75, 3.05) is 26.7 Å². The summed E-state index contributed by atoms with van der Waals surface area (Å²) in [7, 11) is 1.70. The van der Waals surface area contributed by atoms with Crippen molar-refractivity contribution >= 4 is 11.6 Å². The summed E-state index contributed by atoms with van der Waals surface area (Å²) < 4.78 is 7.40. The van der Waals surface area contributed by atoms with Crippen molar-refractivity contribution in [2.45, 2.75) is 32.9 Å². The molecule has 1 aliphatic heterocycles. The fraction of sp³-hybridized carbons (Fsp3) is 0.529. The van der Waals surface area contributed by atoms with E-state index in [4.69, 9.17) is 4.74 Å². The van der Waals surface area contributed by atoms with E-state index in [9.17, 15) is 4.79 Å². The van der Waals surface area contributed by atoms with Gasteiger partial charge in [0.05, 0.1) is 17.8 Å². The summed E-state index contributed by atoms with van der Waals surface area (Å²) >= 11 is 0. The third-order valence-corrected chi connectivity index (χ3v) is 4.56. The summed E-state index contributed by atoms with van der Waals surface area (Å²) in [5.74, 6) is -0.0920. The Hall–Kier alpha value is -1.92. The number of aromatic nitrogens is 2. The molecule has 0 radical (unpaired) electrons. The Bertz CT molecular complexity index is 725. The predicted molar refractivity (Wildman–Crippen MR) is 88.8 cm³/mol. The SMILES string of the molecule is CCN1C[C@@H](NC(=O)c2c(C)nc3ccc(C)cn23)[C@H](OC)C1. The lowest BCUT2D eigenvalue weighted by Crippen LogP contribution is -2.44. The number of carbonyl (C=O) groups is 1. The van der Waals surface area contributed by atoms with Crippen LogP contribution in [0.25, 0.3) is 5.65 Å². The van der Waals surface area contributed by atoms with Crippen LogP contribution in [0.3, 0.4) is 0 Å². The molecule has 1 saturated heterocycles. The lowest BCUT2D eigenvalue weighted by atomic mass is 10.2. The van der Waals surface area contributed by atoms with Crippen molar-refractivity contribution in [1.82, 2.24) is 19.6 Å². The maximum absolute atomic E-state index is 12.8. The zero-order valence-electron chi connectivity index (χ0n) is 14.2. The summed E-state index contributed by atoms with van der Waals surface area (Å²) in [6, 6.07) is 3.94. The molecule has 124 valence electrons. The number of pyridine rings is 1. The highest BCUT2D eigenvalue weighted by Gasteiger charge is 2.34. The van der Waals surface area contributed by atoms with E-state index < -0.39 is 0 Å². The zero-order valence-corrected chi connectivity index (χ0v) is 14.2. The highest BCUT2D eigenvalue weighted by molar-refractivity contribution is 5.95. The number of fused-ring (bicyclic) bond motifs is 1. The zero-order chi connectivity index (χ0) is 16.6. The van der Waals surface area contributed by atoms with Crippen LogP contribution in [-0.2, 0) is 4.74 Å². The van der Waals surface area contributed by atoms with Crippen LogP contribution in [-0.4, -0.2) is 59.1 Å². The molecule has 1 fully saturated rings. The third kappa shape index (κ3) is 2.96. The van der Waals surface area contributed by atoms with Gasteiger partial charge in [0.1, 0.15) is 11.3 Å². The molecule has 2 atom stereocenters. The maximum atomic E-state index is 12.8. The van der Waals surface area contributed by atoms with Gasteiger partial charge in [0, 0.05) is 26.4 Å². The van der Waals surface area contributed by atoms with E-state index in [2.05, 4.69) is 22.1 Å². The van der Waals surface area contributed by atoms with Gasteiger partial charge < -0.3 is 10.1 Å². The Balaban J connectivity index is 1.86. The number of methoxy groups -OCH3 is 1. The van der Waals surface area contributed by atoms with Crippen molar-refractivity contribution in [3.8, 4) is 0 Å². The molecule has 0 aliphatic carbocycles. The molecule has 0 aromatic carbocycles. The molecular formula is C17H24N4O2. The monoisotopic (exact) mass is 316 g/mol. The first-order valence-electron chi connectivity index (χ1n) is 8.04. The van der Waals surface area contributed by atoms with E-state index in [-0.39, 0.29) is 18.1 Å². The number of aryl methyl sites for hydroxylation is 2. The van der Waals surface area contributed by atoms with Crippen LogP contribution < -0.4 is 5.32 Å². The summed E-state index contributed by atoms with van der Waals surface area (Å²) in [5.41, 5.74) is 3.24. The molecular weight excluding hydrogens is 292 g/mol. The number of nitrogens with zero attached hydrogens (tertiary/aromatic N) is 3. The molecule has 1 amide bonds. The Morgan fingerprint density at radius 1 is 1.39 bits per heavy atom. The number of imidazole rings is 1. The van der Waals surface area contributed by atoms with Gasteiger partial charge in [-0.3, -0.25) is 14.1 Å². The minimum absolute atomic E-state index is 0.00205. The van der Waals surface area contributed by atoms with Gasteiger partial charge in [-0.15, -0.1) is 0 Å². The molecule has 0 saturated carbocycles. The summed E-state index contributed by atoms with van der Waals surface area (Å²) in [6.45, 7) is 8.62. The molecule has 1 aliphatic rings. The molecule has 6 heteroatoms. The van der Waals surface area contributed by atoms with Crippen LogP contribution in [0.4, 0.5) is 0 Å². The van der Waals surface area contributed by atoms with Crippen LogP contribution in [0, 0.1) is 13.8 Å². The summed E-state index contributed by atoms with van der Waals surface area (Å²) in [4.78, 5) is 19.6. The van der Waals surface area contributed by atoms with Crippen LogP contribution in [0.5, 0.6) is 0 Å². The maximum Gasteiger partial charge on any atom is 0.270 e. The number of ether oxygens (including phenoxy) is 1. The third-order valence-electron chi connectivity index (χ3n) is 4.56. The van der Waals surface area contributed by atoms with E-state index in [0.717, 1.165) is 36.5 Å². The van der Waals surface area contributed by atoms with Crippen LogP contribution in [0.15, 0.2) is 18.3 Å². The number of rotatable bonds is 4. The minimum Gasteiger partial charge on any atom is -0.378 e. The van der Waals surface area contributed by atoms with E-state index in [1.54, 1.807) is 7.11 Å². The van der Waals surface area contributed by atoms with Gasteiger partial charge in [-0.25, -0.2) is 4.98 Å². The molecule has 3 heterocycles. The fourth-order valence-corrected chi connectivity index (χ4v) is 3.27. The fourth-order valence-electron chi connectivity index (χ4n) is 3.27. The first-order chi connectivity index (χ1) is 11.0. The molecule has 3 rings (SSSR count). The van der Waals surface area contributed by atoms with Crippen LogP contribution in [0.1, 0.15) is 28.7 Å². The highest BCUT2D eigenvalue weighted by atomic mass is 16.5. The molecule has 2 aromatic rings. The second kappa shape index (κ2) is 6.29. The predicted octanol–water partition coefficient (Wildman–Crippen LogP) is 1.40. The second-order valence-electron chi connectivity index (χ2n) is 6.19. The van der Waals surface area contributed by atoms with Crippen molar-refractivity contribution in [1.29, 1.82) is 0 Å². The van der Waals surface area contributed by atoms with Crippen molar-refractivity contribution < 1.29 is 9.53 Å². The van der Waals surface area contributed by atoms with Gasteiger partial charge in [0.25, 0.3) is 5.91 Å². The number of likely N-dealkylation sites (tertiary alicyclic amines) is 1. The van der Waals surface area contributed by atoms with Gasteiger partial charge in [0.2, 0.25) is 0 Å². The van der Waals surface area contributed by atoms with Gasteiger partial charge in [0.15, 0.2) is 0 Å². The Labute approximate surface area is 136 Å². The number of hydrogen-bond donors (Lipinski definition) is 1. The van der Waals surface area contributed by atoms with E-state index >= 15 is 0 Å². The lowest BCUT2D eigenvalue weighted by Gasteiger charge is -2.18. The Morgan fingerprint density at radius 2 is 2.17 bits per heavy atom. The van der Waals surface area contributed by atoms with Gasteiger partial charge in [-0.2, -0.15) is 0 Å². The highest BCUT2D eigenvalue weighted by Crippen LogP contribution is 2.16. The average Bonchev–Trinajstić information content (AvgIpc) is 3.06. The van der Waals surface area contributed by atoms with Crippen LogP contribution in [0.2, 0.25) is 0 Å². The average molecular weight is 316 g/mol. The summed E-state index contributed by atoms with van der Waals surface area (Å²) in [6.07, 6.45) is 1.98. The van der Waals surface area contributed by atoms with Gasteiger partial charge in [-0.05, 0) is 32.0 Å². The number of hydrogen-bond acceptors (Lipinski definition) is 4. The first-order valence-corrected chi connectivity index (χ1v) is 8.04. The van der Waals surface area contributed by atoms with E-state index in [1.165, 1.54) is 0 Å².